The van der Waals surface area contributed by atoms with Crippen molar-refractivity contribution in [2.75, 3.05) is 36.9 Å². The highest BCUT2D eigenvalue weighted by atomic mass is 16.6. The van der Waals surface area contributed by atoms with E-state index in [2.05, 4.69) is 24.1 Å². The lowest BCUT2D eigenvalue weighted by atomic mass is 10.1. The van der Waals surface area contributed by atoms with E-state index < -0.39 is 4.92 Å². The predicted octanol–water partition coefficient (Wildman–Crippen LogP) is 3.84. The molecule has 1 saturated heterocycles. The minimum Gasteiger partial charge on any atom is -0.372 e. The van der Waals surface area contributed by atoms with Gasteiger partial charge in [0.25, 0.3) is 5.69 Å². The van der Waals surface area contributed by atoms with Crippen LogP contribution in [0.25, 0.3) is 0 Å². The normalized spacial score (nSPS) is 19.8. The maximum absolute atomic E-state index is 12.5. The number of ether oxygens (including phenoxy) is 1. The van der Waals surface area contributed by atoms with E-state index in [0.29, 0.717) is 0 Å². The van der Waals surface area contributed by atoms with Crippen molar-refractivity contribution in [3.8, 4) is 0 Å². The minimum atomic E-state index is -0.412. The van der Waals surface area contributed by atoms with E-state index in [1.165, 1.54) is 6.07 Å². The number of amides is 1. The number of nitrogens with one attached hydrogen (secondary N) is 1. The van der Waals surface area contributed by atoms with Crippen molar-refractivity contribution in [1.82, 2.24) is 4.90 Å². The molecule has 1 aliphatic rings. The summed E-state index contributed by atoms with van der Waals surface area (Å²) in [4.78, 5) is 27.3. The topological polar surface area (TPSA) is 88.0 Å². The van der Waals surface area contributed by atoms with Gasteiger partial charge < -0.3 is 15.0 Å². The summed E-state index contributed by atoms with van der Waals surface area (Å²) in [5, 5.41) is 13.9. The summed E-state index contributed by atoms with van der Waals surface area (Å²) < 4.78 is 5.78. The number of hydrogen-bond acceptors (Lipinski definition) is 6. The van der Waals surface area contributed by atoms with Crippen LogP contribution in [0.1, 0.15) is 32.4 Å². The summed E-state index contributed by atoms with van der Waals surface area (Å²) in [5.74, 6) is -0.138. The van der Waals surface area contributed by atoms with Gasteiger partial charge in [0.1, 0.15) is 0 Å². The maximum atomic E-state index is 12.5. The minimum absolute atomic E-state index is 0.0475. The summed E-state index contributed by atoms with van der Waals surface area (Å²) in [6, 6.07) is 14.2. The second-order valence-electron chi connectivity index (χ2n) is 8.20. The fourth-order valence-electron chi connectivity index (χ4n) is 3.86. The Labute approximate surface area is 182 Å². The Morgan fingerprint density at radius 3 is 2.48 bits per heavy atom. The van der Waals surface area contributed by atoms with Crippen LogP contribution in [0.4, 0.5) is 17.1 Å². The SMILES string of the molecule is CC1CN(c2ccc(NC(=O)CN(C)C(C)c3cccc([N+](=O)[O-])c3)cc2)CC(C)O1. The average molecular weight is 427 g/mol. The Hall–Kier alpha value is -2.97. The first-order valence-corrected chi connectivity index (χ1v) is 10.5. The molecular weight excluding hydrogens is 396 g/mol. The number of benzene rings is 2. The first-order chi connectivity index (χ1) is 14.7. The molecule has 0 aromatic heterocycles. The quantitative estimate of drug-likeness (QED) is 0.535. The van der Waals surface area contributed by atoms with E-state index in [1.807, 2.05) is 49.2 Å². The molecule has 166 valence electrons. The number of likely N-dealkylation sites (N-methyl/N-ethyl adjacent to an activating group) is 1. The molecule has 1 N–H and O–H groups in total. The maximum Gasteiger partial charge on any atom is 0.269 e. The van der Waals surface area contributed by atoms with Crippen LogP contribution in [0, 0.1) is 10.1 Å². The number of morpholine rings is 1. The second kappa shape index (κ2) is 9.89. The van der Waals surface area contributed by atoms with Crippen molar-refractivity contribution < 1.29 is 14.5 Å². The standard InChI is InChI=1S/C23H30N4O4/c1-16-13-26(14-17(2)31-16)21-10-8-20(9-11-21)24-23(28)15-25(4)18(3)19-6-5-7-22(12-19)27(29)30/h5-12,16-18H,13-15H2,1-4H3,(H,24,28). The number of nitro benzene ring substituents is 1. The molecule has 1 aliphatic heterocycles. The predicted molar refractivity (Wildman–Crippen MR) is 121 cm³/mol. The van der Waals surface area contributed by atoms with Crippen molar-refractivity contribution in [3.05, 3.63) is 64.2 Å². The van der Waals surface area contributed by atoms with Crippen LogP contribution in [-0.2, 0) is 9.53 Å². The molecule has 0 radical (unpaired) electrons. The zero-order valence-electron chi connectivity index (χ0n) is 18.4. The van der Waals surface area contributed by atoms with Gasteiger partial charge in [0, 0.05) is 42.6 Å². The third kappa shape index (κ3) is 6.02. The number of carbonyl (C=O) groups is 1. The van der Waals surface area contributed by atoms with Crippen LogP contribution in [-0.4, -0.2) is 54.6 Å². The summed E-state index contributed by atoms with van der Waals surface area (Å²) in [5.41, 5.74) is 2.69. The molecule has 1 fully saturated rings. The Kier molecular flexibility index (Phi) is 7.25. The number of non-ortho nitro benzene ring substituents is 1. The third-order valence-corrected chi connectivity index (χ3v) is 5.55. The highest BCUT2D eigenvalue weighted by Crippen LogP contribution is 2.24. The van der Waals surface area contributed by atoms with E-state index in [1.54, 1.807) is 12.1 Å². The van der Waals surface area contributed by atoms with Gasteiger partial charge >= 0.3 is 0 Å². The largest absolute Gasteiger partial charge is 0.372 e. The molecule has 0 aliphatic carbocycles. The number of rotatable bonds is 7. The molecule has 31 heavy (non-hydrogen) atoms. The molecule has 0 bridgehead atoms. The van der Waals surface area contributed by atoms with Crippen molar-refractivity contribution in [3.63, 3.8) is 0 Å². The number of carbonyl (C=O) groups excluding carboxylic acids is 1. The van der Waals surface area contributed by atoms with E-state index in [-0.39, 0.29) is 36.4 Å². The van der Waals surface area contributed by atoms with Crippen LogP contribution in [0.2, 0.25) is 0 Å². The van der Waals surface area contributed by atoms with Gasteiger partial charge in [-0.25, -0.2) is 0 Å². The Morgan fingerprint density at radius 2 is 1.87 bits per heavy atom. The van der Waals surface area contributed by atoms with E-state index >= 15 is 0 Å². The van der Waals surface area contributed by atoms with Crippen LogP contribution in [0.5, 0.6) is 0 Å². The Morgan fingerprint density at radius 1 is 1.23 bits per heavy atom. The van der Waals surface area contributed by atoms with Crippen LogP contribution in [0.15, 0.2) is 48.5 Å². The lowest BCUT2D eigenvalue weighted by Gasteiger charge is -2.36. The molecule has 3 rings (SSSR count). The van der Waals surface area contributed by atoms with Crippen molar-refractivity contribution >= 4 is 23.0 Å². The van der Waals surface area contributed by atoms with Crippen LogP contribution < -0.4 is 10.2 Å². The number of hydrogen-bond donors (Lipinski definition) is 1. The average Bonchev–Trinajstić information content (AvgIpc) is 2.73. The van der Waals surface area contributed by atoms with Gasteiger partial charge in [0.05, 0.1) is 23.7 Å². The first-order valence-electron chi connectivity index (χ1n) is 10.5. The summed E-state index contributed by atoms with van der Waals surface area (Å²) in [6.45, 7) is 7.92. The molecule has 3 atom stereocenters. The van der Waals surface area contributed by atoms with Crippen molar-refractivity contribution in [1.29, 1.82) is 0 Å². The van der Waals surface area contributed by atoms with Gasteiger partial charge in [0.15, 0.2) is 0 Å². The molecule has 0 saturated carbocycles. The third-order valence-electron chi connectivity index (χ3n) is 5.55. The number of anilines is 2. The molecular formula is C23H30N4O4. The second-order valence-corrected chi connectivity index (χ2v) is 8.20. The number of nitro groups is 1. The van der Waals surface area contributed by atoms with Crippen molar-refractivity contribution in [2.24, 2.45) is 0 Å². The van der Waals surface area contributed by atoms with E-state index in [9.17, 15) is 14.9 Å². The lowest BCUT2D eigenvalue weighted by Crippen LogP contribution is -2.45. The van der Waals surface area contributed by atoms with Gasteiger partial charge in [-0.1, -0.05) is 12.1 Å². The Bertz CT molecular complexity index is 908. The molecule has 2 aromatic carbocycles. The monoisotopic (exact) mass is 426 g/mol. The fraction of sp³-hybridized carbons (Fsp3) is 0.435. The Balaban J connectivity index is 1.56. The number of nitrogens with zero attached hydrogens (tertiary/aromatic N) is 3. The zero-order chi connectivity index (χ0) is 22.5. The van der Waals surface area contributed by atoms with Gasteiger partial charge in [-0.3, -0.25) is 19.8 Å². The highest BCUT2D eigenvalue weighted by Gasteiger charge is 2.22. The molecule has 3 unspecified atom stereocenters. The summed E-state index contributed by atoms with van der Waals surface area (Å²) >= 11 is 0. The van der Waals surface area contributed by atoms with Gasteiger partial charge in [-0.15, -0.1) is 0 Å². The van der Waals surface area contributed by atoms with E-state index in [4.69, 9.17) is 4.74 Å². The molecule has 8 heteroatoms. The van der Waals surface area contributed by atoms with E-state index in [0.717, 1.165) is 30.0 Å². The molecule has 1 heterocycles. The lowest BCUT2D eigenvalue weighted by molar-refractivity contribution is -0.384. The summed E-state index contributed by atoms with van der Waals surface area (Å²) in [7, 11) is 1.83. The van der Waals surface area contributed by atoms with Gasteiger partial charge in [0.2, 0.25) is 5.91 Å². The van der Waals surface area contributed by atoms with Crippen LogP contribution >= 0.6 is 0 Å². The van der Waals surface area contributed by atoms with Gasteiger partial charge in [-0.2, -0.15) is 0 Å². The molecule has 0 spiro atoms. The van der Waals surface area contributed by atoms with Crippen LogP contribution in [0.3, 0.4) is 0 Å². The van der Waals surface area contributed by atoms with Crippen molar-refractivity contribution in [2.45, 2.75) is 39.0 Å². The van der Waals surface area contributed by atoms with Gasteiger partial charge in [-0.05, 0) is 57.6 Å². The molecule has 1 amide bonds. The smallest absolute Gasteiger partial charge is 0.269 e. The highest BCUT2D eigenvalue weighted by molar-refractivity contribution is 5.92. The summed E-state index contributed by atoms with van der Waals surface area (Å²) in [6.07, 6.45) is 0.374. The first kappa shape index (κ1) is 22.7. The molecule has 8 nitrogen and oxygen atoms in total. The molecule has 2 aromatic rings. The fourth-order valence-corrected chi connectivity index (χ4v) is 3.86. The zero-order valence-corrected chi connectivity index (χ0v) is 18.4.